The summed E-state index contributed by atoms with van der Waals surface area (Å²) in [6, 6.07) is 3.81. The van der Waals surface area contributed by atoms with Crippen LogP contribution in [0.1, 0.15) is 18.2 Å². The molecule has 0 aliphatic heterocycles. The molecule has 28 heavy (non-hydrogen) atoms. The zero-order valence-electron chi connectivity index (χ0n) is 17.9. The molecule has 0 radical (unpaired) electrons. The topological polar surface area (TPSA) is 84.3 Å². The number of pyridine rings is 1. The van der Waals surface area contributed by atoms with Gasteiger partial charge in [0.1, 0.15) is 0 Å². The molecular weight excluding hydrogens is 356 g/mol. The Morgan fingerprint density at radius 2 is 2.04 bits per heavy atom. The average molecular weight is 393 g/mol. The number of aliphatic hydroxyl groups is 1. The second kappa shape index (κ2) is 13.3. The van der Waals surface area contributed by atoms with Gasteiger partial charge >= 0.3 is 0 Å². The van der Waals surface area contributed by atoms with Crippen molar-refractivity contribution in [3.8, 4) is 0 Å². The maximum atomic E-state index is 12.3. The van der Waals surface area contributed by atoms with Crippen LogP contribution in [0.15, 0.2) is 23.3 Å². The number of carbonyl (C=O) groups excluding carboxylic acids is 1. The quantitative estimate of drug-likeness (QED) is 0.457. The first-order valence-electron chi connectivity index (χ1n) is 9.72. The molecule has 1 atom stereocenters. The highest BCUT2D eigenvalue weighted by atomic mass is 16.3. The molecule has 0 saturated carbocycles. The molecule has 0 spiro atoms. The van der Waals surface area contributed by atoms with Crippen LogP contribution in [0.4, 0.5) is 0 Å². The molecule has 8 nitrogen and oxygen atoms in total. The first kappa shape index (κ1) is 24.2. The molecule has 0 aromatic carbocycles. The van der Waals surface area contributed by atoms with E-state index in [1.807, 2.05) is 57.0 Å². The predicted octanol–water partition coefficient (Wildman–Crippen LogP) is -0.0773. The Kier molecular flexibility index (Phi) is 11.5. The first-order valence-corrected chi connectivity index (χ1v) is 9.72. The summed E-state index contributed by atoms with van der Waals surface area (Å²) in [5.74, 6) is 0.0944. The third-order valence-electron chi connectivity index (χ3n) is 4.11. The van der Waals surface area contributed by atoms with Crippen molar-refractivity contribution in [1.29, 1.82) is 0 Å². The number of aromatic nitrogens is 1. The molecule has 0 bridgehead atoms. The van der Waals surface area contributed by atoms with Crippen LogP contribution in [0, 0.1) is 0 Å². The van der Waals surface area contributed by atoms with Gasteiger partial charge in [-0.05, 0) is 52.8 Å². The lowest BCUT2D eigenvalue weighted by molar-refractivity contribution is -0.130. The number of aliphatic hydroxyl groups excluding tert-OH is 1. The number of carbonyl (C=O) groups is 1. The number of likely N-dealkylation sites (N-methyl/N-ethyl adjacent to an activating group) is 3. The Morgan fingerprint density at radius 1 is 1.29 bits per heavy atom. The van der Waals surface area contributed by atoms with Crippen LogP contribution in [-0.4, -0.2) is 110 Å². The van der Waals surface area contributed by atoms with Crippen LogP contribution < -0.4 is 5.32 Å². The zero-order valence-corrected chi connectivity index (χ0v) is 17.9. The van der Waals surface area contributed by atoms with E-state index in [9.17, 15) is 9.90 Å². The van der Waals surface area contributed by atoms with E-state index in [1.165, 1.54) is 0 Å². The van der Waals surface area contributed by atoms with Crippen molar-refractivity contribution in [2.24, 2.45) is 4.99 Å². The molecule has 1 heterocycles. The van der Waals surface area contributed by atoms with E-state index in [-0.39, 0.29) is 12.5 Å². The van der Waals surface area contributed by atoms with Crippen LogP contribution in [0.25, 0.3) is 0 Å². The minimum atomic E-state index is -0.478. The van der Waals surface area contributed by atoms with Gasteiger partial charge in [-0.15, -0.1) is 0 Å². The summed E-state index contributed by atoms with van der Waals surface area (Å²) in [5.41, 5.74) is 1.78. The molecule has 2 N–H and O–H groups in total. The Morgan fingerprint density at radius 3 is 2.68 bits per heavy atom. The Hall–Kier alpha value is -1.87. The summed E-state index contributed by atoms with van der Waals surface area (Å²) in [6.07, 6.45) is 3.00. The summed E-state index contributed by atoms with van der Waals surface area (Å²) < 4.78 is 0. The molecule has 0 aliphatic carbocycles. The highest BCUT2D eigenvalue weighted by Gasteiger charge is 2.11. The maximum absolute atomic E-state index is 12.3. The van der Waals surface area contributed by atoms with Crippen LogP contribution in [0.2, 0.25) is 0 Å². The fraction of sp³-hybridized carbons (Fsp3) is 0.650. The summed E-state index contributed by atoms with van der Waals surface area (Å²) in [4.78, 5) is 26.8. The predicted molar refractivity (Wildman–Crippen MR) is 114 cm³/mol. The van der Waals surface area contributed by atoms with Gasteiger partial charge in [-0.3, -0.25) is 14.8 Å². The van der Waals surface area contributed by atoms with E-state index in [0.717, 1.165) is 24.3 Å². The van der Waals surface area contributed by atoms with Crippen molar-refractivity contribution in [3.63, 3.8) is 0 Å². The summed E-state index contributed by atoms with van der Waals surface area (Å²) >= 11 is 0. The molecule has 0 fully saturated rings. The van der Waals surface area contributed by atoms with Gasteiger partial charge in [0.15, 0.2) is 0 Å². The highest BCUT2D eigenvalue weighted by Crippen LogP contribution is 2.00. The Balaban J connectivity index is 2.44. The van der Waals surface area contributed by atoms with Crippen LogP contribution in [-0.2, 0) is 11.3 Å². The molecule has 0 aliphatic rings. The molecule has 1 amide bonds. The molecule has 158 valence electrons. The van der Waals surface area contributed by atoms with Crippen LogP contribution >= 0.6 is 0 Å². The van der Waals surface area contributed by atoms with Crippen molar-refractivity contribution in [2.75, 3.05) is 67.5 Å². The minimum Gasteiger partial charge on any atom is -0.390 e. The number of aliphatic imine (C=N–C) groups is 1. The van der Waals surface area contributed by atoms with E-state index in [0.29, 0.717) is 26.2 Å². The lowest BCUT2D eigenvalue weighted by atomic mass is 10.2. The number of rotatable bonds is 13. The van der Waals surface area contributed by atoms with Gasteiger partial charge in [0, 0.05) is 45.1 Å². The number of hydrogen-bond acceptors (Lipinski definition) is 7. The van der Waals surface area contributed by atoms with Crippen molar-refractivity contribution in [2.45, 2.75) is 19.6 Å². The largest absolute Gasteiger partial charge is 0.390 e. The fourth-order valence-electron chi connectivity index (χ4n) is 2.62. The number of nitrogens with one attached hydrogen (secondary N) is 1. The maximum Gasteiger partial charge on any atom is 0.236 e. The SMILES string of the molecule is CCN(CCN(C)C)C(=O)CNCc1cc(C=NCC(O)CN(C)C)ccn1. The van der Waals surface area contributed by atoms with Gasteiger partial charge in [0.05, 0.1) is 24.9 Å². The van der Waals surface area contributed by atoms with E-state index >= 15 is 0 Å². The van der Waals surface area contributed by atoms with Gasteiger partial charge in [-0.25, -0.2) is 0 Å². The van der Waals surface area contributed by atoms with E-state index in [2.05, 4.69) is 20.2 Å². The molecule has 1 aromatic rings. The standard InChI is InChI=1S/C20H36N6O2/c1-6-26(10-9-24(2)3)20(28)15-22-13-18-11-17(7-8-23-18)12-21-14-19(27)16-25(4)5/h7-8,11-12,19,22,27H,6,9-10,13-16H2,1-5H3. The van der Waals surface area contributed by atoms with Crippen molar-refractivity contribution in [1.82, 2.24) is 25.0 Å². The van der Waals surface area contributed by atoms with Crippen LogP contribution in [0.5, 0.6) is 0 Å². The summed E-state index contributed by atoms with van der Waals surface area (Å²) in [7, 11) is 7.84. The van der Waals surface area contributed by atoms with Crippen molar-refractivity contribution >= 4 is 12.1 Å². The fourth-order valence-corrected chi connectivity index (χ4v) is 2.62. The molecule has 1 rings (SSSR count). The molecule has 8 heteroatoms. The van der Waals surface area contributed by atoms with E-state index < -0.39 is 6.10 Å². The third-order valence-corrected chi connectivity index (χ3v) is 4.11. The minimum absolute atomic E-state index is 0.0944. The lowest BCUT2D eigenvalue weighted by Gasteiger charge is -2.23. The second-order valence-corrected chi connectivity index (χ2v) is 7.37. The van der Waals surface area contributed by atoms with E-state index in [1.54, 1.807) is 12.4 Å². The monoisotopic (exact) mass is 392 g/mol. The molecule has 1 unspecified atom stereocenters. The molecular formula is C20H36N6O2. The first-order chi connectivity index (χ1) is 13.3. The van der Waals surface area contributed by atoms with Gasteiger partial charge in [0.25, 0.3) is 0 Å². The van der Waals surface area contributed by atoms with E-state index in [4.69, 9.17) is 0 Å². The Bertz CT molecular complexity index is 606. The van der Waals surface area contributed by atoms with Crippen molar-refractivity contribution < 1.29 is 9.90 Å². The smallest absolute Gasteiger partial charge is 0.236 e. The van der Waals surface area contributed by atoms with Gasteiger partial charge in [0.2, 0.25) is 5.91 Å². The third kappa shape index (κ3) is 10.5. The van der Waals surface area contributed by atoms with Gasteiger partial charge < -0.3 is 25.1 Å². The summed E-state index contributed by atoms with van der Waals surface area (Å²) in [5, 5.41) is 13.0. The average Bonchev–Trinajstić information content (AvgIpc) is 2.61. The van der Waals surface area contributed by atoms with Crippen LogP contribution in [0.3, 0.4) is 0 Å². The Labute approximate surface area is 169 Å². The van der Waals surface area contributed by atoms with Gasteiger partial charge in [-0.2, -0.15) is 0 Å². The highest BCUT2D eigenvalue weighted by molar-refractivity contribution is 5.79. The normalized spacial score (nSPS) is 12.9. The number of nitrogens with zero attached hydrogens (tertiary/aromatic N) is 5. The molecule has 1 aromatic heterocycles. The van der Waals surface area contributed by atoms with Crippen molar-refractivity contribution in [3.05, 3.63) is 29.6 Å². The summed E-state index contributed by atoms with van der Waals surface area (Å²) in [6.45, 7) is 6.04. The molecule has 0 saturated heterocycles. The lowest BCUT2D eigenvalue weighted by Crippen LogP contribution is -2.41. The van der Waals surface area contributed by atoms with Gasteiger partial charge in [-0.1, -0.05) is 0 Å². The number of hydrogen-bond donors (Lipinski definition) is 2. The second-order valence-electron chi connectivity index (χ2n) is 7.37. The number of amides is 1. The zero-order chi connectivity index (χ0) is 20.9.